The van der Waals surface area contributed by atoms with Crippen LogP contribution in [0.5, 0.6) is 0 Å². The van der Waals surface area contributed by atoms with E-state index in [1.807, 2.05) is 41.1 Å². The van der Waals surface area contributed by atoms with E-state index >= 15 is 0 Å². The van der Waals surface area contributed by atoms with Crippen LogP contribution in [0.4, 0.5) is 0 Å². The second kappa shape index (κ2) is 9.55. The van der Waals surface area contributed by atoms with Gasteiger partial charge in [-0.25, -0.2) is 4.98 Å². The molecule has 0 aliphatic rings. The van der Waals surface area contributed by atoms with Crippen LogP contribution < -0.4 is 11.1 Å². The molecule has 0 saturated carbocycles. The molecular formula is C16H24Cl2N4O. The predicted molar refractivity (Wildman–Crippen MR) is 96.9 cm³/mol. The van der Waals surface area contributed by atoms with Crippen LogP contribution in [0, 0.1) is 5.92 Å². The van der Waals surface area contributed by atoms with Crippen LogP contribution in [-0.4, -0.2) is 22.0 Å². The molecule has 0 radical (unpaired) electrons. The molecular weight excluding hydrogens is 335 g/mol. The molecule has 0 spiro atoms. The number of carbonyl (C=O) groups excluding carboxylic acids is 1. The normalized spacial score (nSPS) is 13.9. The second-order valence-corrected chi connectivity index (χ2v) is 5.64. The summed E-state index contributed by atoms with van der Waals surface area (Å²) in [6, 6.07) is 9.42. The van der Waals surface area contributed by atoms with Crippen molar-refractivity contribution in [2.45, 2.75) is 25.9 Å². The first-order chi connectivity index (χ1) is 10.00. The summed E-state index contributed by atoms with van der Waals surface area (Å²) in [6.07, 6.45) is 5.43. The van der Waals surface area contributed by atoms with Gasteiger partial charge in [0.25, 0.3) is 0 Å². The summed E-state index contributed by atoms with van der Waals surface area (Å²) >= 11 is 0. The third-order valence-corrected chi connectivity index (χ3v) is 3.54. The van der Waals surface area contributed by atoms with Gasteiger partial charge in [-0.1, -0.05) is 37.3 Å². The molecule has 3 N–H and O–H groups in total. The van der Waals surface area contributed by atoms with Crippen LogP contribution in [-0.2, 0) is 16.9 Å². The van der Waals surface area contributed by atoms with Crippen molar-refractivity contribution in [3.8, 4) is 0 Å². The maximum atomic E-state index is 12.3. The lowest BCUT2D eigenvalue weighted by Gasteiger charge is -2.25. The monoisotopic (exact) mass is 358 g/mol. The maximum Gasteiger partial charge on any atom is 0.244 e. The molecule has 128 valence electrons. The van der Waals surface area contributed by atoms with E-state index in [0.29, 0.717) is 12.5 Å². The number of carbonyl (C=O) groups is 1. The van der Waals surface area contributed by atoms with Crippen LogP contribution in [0.15, 0.2) is 49.1 Å². The highest BCUT2D eigenvalue weighted by Crippen LogP contribution is 2.17. The summed E-state index contributed by atoms with van der Waals surface area (Å²) in [5.41, 5.74) is 5.97. The zero-order valence-electron chi connectivity index (χ0n) is 13.3. The molecule has 2 unspecified atom stereocenters. The Hall–Kier alpha value is -1.56. The van der Waals surface area contributed by atoms with Gasteiger partial charge in [0.2, 0.25) is 5.91 Å². The number of hydrogen-bond donors (Lipinski definition) is 2. The minimum absolute atomic E-state index is 0. The zero-order valence-corrected chi connectivity index (χ0v) is 14.9. The Kier molecular flexibility index (Phi) is 8.90. The van der Waals surface area contributed by atoms with Crippen molar-refractivity contribution >= 4 is 30.7 Å². The van der Waals surface area contributed by atoms with E-state index in [0.717, 1.165) is 12.1 Å². The molecule has 0 aliphatic heterocycles. The van der Waals surface area contributed by atoms with Gasteiger partial charge in [-0.3, -0.25) is 4.79 Å². The van der Waals surface area contributed by atoms with Gasteiger partial charge in [-0.2, -0.15) is 0 Å². The van der Waals surface area contributed by atoms with Crippen molar-refractivity contribution in [2.75, 3.05) is 6.54 Å². The minimum atomic E-state index is -1.02. The number of aromatic nitrogens is 2. The van der Waals surface area contributed by atoms with Crippen molar-refractivity contribution in [2.24, 2.45) is 11.7 Å². The number of nitrogens with one attached hydrogen (secondary N) is 1. The molecule has 5 nitrogen and oxygen atoms in total. The lowest BCUT2D eigenvalue weighted by atomic mass is 9.92. The number of amides is 1. The van der Waals surface area contributed by atoms with Gasteiger partial charge in [0, 0.05) is 25.5 Å². The highest BCUT2D eigenvalue weighted by atomic mass is 35.5. The highest BCUT2D eigenvalue weighted by Gasteiger charge is 2.30. The fourth-order valence-corrected chi connectivity index (χ4v) is 2.19. The van der Waals surface area contributed by atoms with Gasteiger partial charge in [0.15, 0.2) is 0 Å². The van der Waals surface area contributed by atoms with E-state index in [4.69, 9.17) is 5.73 Å². The molecule has 23 heavy (non-hydrogen) atoms. The third kappa shape index (κ3) is 5.86. The molecule has 0 aliphatic carbocycles. The minimum Gasteiger partial charge on any atom is -0.354 e. The Morgan fingerprint density at radius 1 is 1.35 bits per heavy atom. The lowest BCUT2D eigenvalue weighted by Crippen LogP contribution is -2.50. The van der Waals surface area contributed by atoms with Gasteiger partial charge < -0.3 is 15.6 Å². The number of benzene rings is 1. The van der Waals surface area contributed by atoms with Gasteiger partial charge in [0.1, 0.15) is 5.54 Å². The summed E-state index contributed by atoms with van der Waals surface area (Å²) in [5.74, 6) is 0.140. The Morgan fingerprint density at radius 3 is 2.57 bits per heavy atom. The number of imidazole rings is 1. The third-order valence-electron chi connectivity index (χ3n) is 3.54. The zero-order chi connectivity index (χ0) is 15.3. The predicted octanol–water partition coefficient (Wildman–Crippen LogP) is 2.35. The van der Waals surface area contributed by atoms with Gasteiger partial charge >= 0.3 is 0 Å². The topological polar surface area (TPSA) is 72.9 Å². The first-order valence-electron chi connectivity index (χ1n) is 7.08. The number of halogens is 2. The average Bonchev–Trinajstić information content (AvgIpc) is 2.98. The Balaban J connectivity index is 0.00000242. The summed E-state index contributed by atoms with van der Waals surface area (Å²) in [4.78, 5) is 16.3. The lowest BCUT2D eigenvalue weighted by molar-refractivity contribution is -0.126. The summed E-state index contributed by atoms with van der Waals surface area (Å²) in [6.45, 7) is 5.21. The van der Waals surface area contributed by atoms with Crippen LogP contribution >= 0.6 is 24.8 Å². The van der Waals surface area contributed by atoms with Crippen molar-refractivity contribution < 1.29 is 4.79 Å². The molecule has 2 aromatic rings. The number of rotatable bonds is 6. The number of nitrogens with two attached hydrogens (primary N) is 1. The van der Waals surface area contributed by atoms with Gasteiger partial charge in [-0.15, -0.1) is 24.8 Å². The quantitative estimate of drug-likeness (QED) is 0.832. The van der Waals surface area contributed by atoms with E-state index in [1.54, 1.807) is 19.4 Å². The molecule has 7 heteroatoms. The Bertz CT molecular complexity index is 573. The summed E-state index contributed by atoms with van der Waals surface area (Å²) < 4.78 is 2.00. The molecule has 1 aromatic carbocycles. The largest absolute Gasteiger partial charge is 0.354 e. The Morgan fingerprint density at radius 2 is 2.00 bits per heavy atom. The van der Waals surface area contributed by atoms with E-state index in [9.17, 15) is 4.79 Å². The number of nitrogens with zero attached hydrogens (tertiary/aromatic N) is 2. The van der Waals surface area contributed by atoms with E-state index in [-0.39, 0.29) is 30.7 Å². The number of hydrogen-bond acceptors (Lipinski definition) is 3. The first-order valence-corrected chi connectivity index (χ1v) is 7.08. The summed E-state index contributed by atoms with van der Waals surface area (Å²) in [5, 5.41) is 2.94. The van der Waals surface area contributed by atoms with Gasteiger partial charge in [-0.05, 0) is 18.4 Å². The molecule has 2 atom stereocenters. The second-order valence-electron chi connectivity index (χ2n) is 5.64. The van der Waals surface area contributed by atoms with Crippen molar-refractivity contribution in [1.29, 1.82) is 0 Å². The highest BCUT2D eigenvalue weighted by molar-refractivity contribution is 5.87. The average molecular weight is 359 g/mol. The molecule has 1 heterocycles. The molecule has 0 saturated heterocycles. The molecule has 0 fully saturated rings. The van der Waals surface area contributed by atoms with Crippen LogP contribution in [0.2, 0.25) is 0 Å². The van der Waals surface area contributed by atoms with Gasteiger partial charge in [0.05, 0.1) is 6.33 Å². The molecule has 1 aromatic heterocycles. The van der Waals surface area contributed by atoms with E-state index < -0.39 is 5.54 Å². The molecule has 2 rings (SSSR count). The summed E-state index contributed by atoms with van der Waals surface area (Å²) in [7, 11) is 0. The SMILES string of the molecule is CC(CNC(=O)C(C)(N)c1ccccc1)Cn1ccnc1.Cl.Cl. The Labute approximate surface area is 149 Å². The van der Waals surface area contributed by atoms with Crippen LogP contribution in [0.3, 0.4) is 0 Å². The first kappa shape index (κ1) is 21.4. The van der Waals surface area contributed by atoms with Crippen LogP contribution in [0.25, 0.3) is 0 Å². The van der Waals surface area contributed by atoms with E-state index in [1.165, 1.54) is 0 Å². The molecule has 1 amide bonds. The van der Waals surface area contributed by atoms with Crippen molar-refractivity contribution in [3.63, 3.8) is 0 Å². The van der Waals surface area contributed by atoms with Crippen molar-refractivity contribution in [1.82, 2.24) is 14.9 Å². The maximum absolute atomic E-state index is 12.3. The van der Waals surface area contributed by atoms with E-state index in [2.05, 4.69) is 17.2 Å². The molecule has 0 bridgehead atoms. The fraction of sp³-hybridized carbons (Fsp3) is 0.375. The fourth-order valence-electron chi connectivity index (χ4n) is 2.19. The smallest absolute Gasteiger partial charge is 0.244 e. The van der Waals surface area contributed by atoms with Crippen molar-refractivity contribution in [3.05, 3.63) is 54.6 Å². The standard InChI is InChI=1S/C16H22N4O.2ClH/c1-13(11-20-9-8-18-12-20)10-19-15(21)16(2,17)14-6-4-3-5-7-14;;/h3-9,12-13H,10-11,17H2,1-2H3,(H,19,21);2*1H. The van der Waals surface area contributed by atoms with Crippen LogP contribution in [0.1, 0.15) is 19.4 Å².